The van der Waals surface area contributed by atoms with Gasteiger partial charge in [-0.2, -0.15) is 13.2 Å². The monoisotopic (exact) mass is 236 g/mol. The Balaban J connectivity index is 1.70. The maximum absolute atomic E-state index is 12.2. The second kappa shape index (κ2) is 4.92. The van der Waals surface area contributed by atoms with Gasteiger partial charge in [0.05, 0.1) is 6.54 Å². The summed E-state index contributed by atoms with van der Waals surface area (Å²) in [6.45, 7) is 1.34. The van der Waals surface area contributed by atoms with Crippen LogP contribution in [0.2, 0.25) is 0 Å². The molecule has 2 rings (SSSR count). The summed E-state index contributed by atoms with van der Waals surface area (Å²) in [5, 5.41) is 3.40. The van der Waals surface area contributed by atoms with Crippen molar-refractivity contribution >= 4 is 0 Å². The largest absolute Gasteiger partial charge is 0.401 e. The number of nitrogens with zero attached hydrogens (tertiary/aromatic N) is 1. The van der Waals surface area contributed by atoms with Crippen molar-refractivity contribution in [1.82, 2.24) is 10.2 Å². The van der Waals surface area contributed by atoms with Crippen molar-refractivity contribution in [3.05, 3.63) is 0 Å². The topological polar surface area (TPSA) is 15.3 Å². The molecule has 16 heavy (non-hydrogen) atoms. The van der Waals surface area contributed by atoms with Crippen LogP contribution in [-0.4, -0.2) is 43.3 Å². The second-order valence-corrected chi connectivity index (χ2v) is 5.04. The summed E-state index contributed by atoms with van der Waals surface area (Å²) in [5.74, 6) is 0.400. The molecule has 94 valence electrons. The fourth-order valence-corrected chi connectivity index (χ4v) is 2.34. The Labute approximate surface area is 94.2 Å². The van der Waals surface area contributed by atoms with Crippen LogP contribution in [0.25, 0.3) is 0 Å². The van der Waals surface area contributed by atoms with E-state index in [1.807, 2.05) is 0 Å². The fraction of sp³-hybridized carbons (Fsp3) is 1.00. The van der Waals surface area contributed by atoms with E-state index in [1.54, 1.807) is 4.90 Å². The highest BCUT2D eigenvalue weighted by atomic mass is 19.4. The average Bonchev–Trinajstić information content (AvgIpc) is 2.96. The van der Waals surface area contributed by atoms with Crippen LogP contribution in [0.1, 0.15) is 25.7 Å². The summed E-state index contributed by atoms with van der Waals surface area (Å²) in [5.41, 5.74) is 0. The molecule has 1 saturated heterocycles. The Hall–Kier alpha value is -0.290. The Morgan fingerprint density at radius 3 is 2.56 bits per heavy atom. The molecule has 0 bridgehead atoms. The fourth-order valence-electron chi connectivity index (χ4n) is 2.34. The van der Waals surface area contributed by atoms with Gasteiger partial charge in [-0.1, -0.05) is 0 Å². The van der Waals surface area contributed by atoms with Crippen molar-refractivity contribution in [1.29, 1.82) is 0 Å². The minimum absolute atomic E-state index is 0.400. The predicted octanol–water partition coefficient (Wildman–Crippen LogP) is 2.01. The van der Waals surface area contributed by atoms with Crippen molar-refractivity contribution in [2.45, 2.75) is 37.9 Å². The lowest BCUT2D eigenvalue weighted by molar-refractivity contribution is -0.149. The summed E-state index contributed by atoms with van der Waals surface area (Å²) in [7, 11) is 0. The molecule has 5 heteroatoms. The highest BCUT2D eigenvalue weighted by Crippen LogP contribution is 2.23. The zero-order valence-corrected chi connectivity index (χ0v) is 9.39. The second-order valence-electron chi connectivity index (χ2n) is 5.04. The van der Waals surface area contributed by atoms with Gasteiger partial charge in [-0.25, -0.2) is 0 Å². The molecule has 0 spiro atoms. The minimum Gasteiger partial charge on any atom is -0.314 e. The van der Waals surface area contributed by atoms with Crippen LogP contribution in [0.15, 0.2) is 0 Å². The molecule has 1 N–H and O–H groups in total. The van der Waals surface area contributed by atoms with Crippen molar-refractivity contribution < 1.29 is 13.2 Å². The normalized spacial score (nSPS) is 28.3. The van der Waals surface area contributed by atoms with Crippen LogP contribution >= 0.6 is 0 Å². The molecule has 0 radical (unpaired) electrons. The average molecular weight is 236 g/mol. The van der Waals surface area contributed by atoms with E-state index in [0.717, 1.165) is 19.4 Å². The van der Waals surface area contributed by atoms with Crippen LogP contribution in [-0.2, 0) is 0 Å². The molecule has 0 aromatic heterocycles. The third-order valence-electron chi connectivity index (χ3n) is 3.28. The molecule has 2 aliphatic rings. The van der Waals surface area contributed by atoms with Gasteiger partial charge >= 0.3 is 6.18 Å². The molecular weight excluding hydrogens is 217 g/mol. The quantitative estimate of drug-likeness (QED) is 0.803. The number of halogens is 3. The zero-order chi connectivity index (χ0) is 11.6. The Morgan fingerprint density at radius 1 is 1.19 bits per heavy atom. The van der Waals surface area contributed by atoms with Crippen molar-refractivity contribution in [2.75, 3.05) is 26.2 Å². The van der Waals surface area contributed by atoms with Gasteiger partial charge < -0.3 is 5.32 Å². The number of hydrogen-bond donors (Lipinski definition) is 1. The van der Waals surface area contributed by atoms with Gasteiger partial charge in [0.1, 0.15) is 0 Å². The highest BCUT2D eigenvalue weighted by Gasteiger charge is 2.33. The smallest absolute Gasteiger partial charge is 0.314 e. The molecule has 1 aliphatic carbocycles. The maximum Gasteiger partial charge on any atom is 0.401 e. The van der Waals surface area contributed by atoms with Crippen LogP contribution in [0.5, 0.6) is 0 Å². The number of hydrogen-bond acceptors (Lipinski definition) is 2. The molecule has 0 amide bonds. The SMILES string of the molecule is FC(F)(F)CN1CCCC(CNC2CC2)C1. The van der Waals surface area contributed by atoms with Gasteiger partial charge in [-0.15, -0.1) is 0 Å². The molecule has 0 aromatic rings. The van der Waals surface area contributed by atoms with E-state index < -0.39 is 12.7 Å². The number of rotatable bonds is 4. The van der Waals surface area contributed by atoms with Crippen LogP contribution < -0.4 is 5.32 Å². The van der Waals surface area contributed by atoms with E-state index in [9.17, 15) is 13.2 Å². The van der Waals surface area contributed by atoms with E-state index in [1.165, 1.54) is 12.8 Å². The van der Waals surface area contributed by atoms with E-state index in [4.69, 9.17) is 0 Å². The Kier molecular flexibility index (Phi) is 3.74. The van der Waals surface area contributed by atoms with Crippen LogP contribution in [0, 0.1) is 5.92 Å². The first-order chi connectivity index (χ1) is 7.53. The van der Waals surface area contributed by atoms with Gasteiger partial charge in [0.15, 0.2) is 0 Å². The molecule has 1 atom stereocenters. The van der Waals surface area contributed by atoms with E-state index in [-0.39, 0.29) is 0 Å². The van der Waals surface area contributed by atoms with Gasteiger partial charge in [0.25, 0.3) is 0 Å². The predicted molar refractivity (Wildman–Crippen MR) is 56.2 cm³/mol. The summed E-state index contributed by atoms with van der Waals surface area (Å²) in [6.07, 6.45) is 0.380. The number of alkyl halides is 3. The molecule has 0 aromatic carbocycles. The molecule has 2 fully saturated rings. The van der Waals surface area contributed by atoms with E-state index >= 15 is 0 Å². The Morgan fingerprint density at radius 2 is 1.94 bits per heavy atom. The van der Waals surface area contributed by atoms with Crippen molar-refractivity contribution in [3.8, 4) is 0 Å². The van der Waals surface area contributed by atoms with Crippen LogP contribution in [0.3, 0.4) is 0 Å². The van der Waals surface area contributed by atoms with Crippen molar-refractivity contribution in [3.63, 3.8) is 0 Å². The van der Waals surface area contributed by atoms with Crippen molar-refractivity contribution in [2.24, 2.45) is 5.92 Å². The van der Waals surface area contributed by atoms with Gasteiger partial charge in [-0.3, -0.25) is 4.90 Å². The minimum atomic E-state index is -4.05. The third kappa shape index (κ3) is 4.29. The van der Waals surface area contributed by atoms with Crippen LogP contribution in [0.4, 0.5) is 13.2 Å². The van der Waals surface area contributed by atoms with E-state index in [0.29, 0.717) is 25.0 Å². The Bertz CT molecular complexity index is 226. The summed E-state index contributed by atoms with van der Waals surface area (Å²) in [4.78, 5) is 1.54. The number of likely N-dealkylation sites (tertiary alicyclic amines) is 1. The molecular formula is C11H19F3N2. The van der Waals surface area contributed by atoms with Gasteiger partial charge in [-0.05, 0) is 44.7 Å². The molecule has 1 saturated carbocycles. The summed E-state index contributed by atoms with van der Waals surface area (Å²) < 4.78 is 36.7. The first-order valence-corrected chi connectivity index (χ1v) is 6.05. The summed E-state index contributed by atoms with van der Waals surface area (Å²) in [6, 6.07) is 0.651. The molecule has 1 aliphatic heterocycles. The van der Waals surface area contributed by atoms with Gasteiger partial charge in [0, 0.05) is 12.6 Å². The maximum atomic E-state index is 12.2. The summed E-state index contributed by atoms with van der Waals surface area (Å²) >= 11 is 0. The first-order valence-electron chi connectivity index (χ1n) is 6.05. The number of nitrogens with one attached hydrogen (secondary N) is 1. The van der Waals surface area contributed by atoms with E-state index in [2.05, 4.69) is 5.32 Å². The highest BCUT2D eigenvalue weighted by molar-refractivity contribution is 4.83. The molecule has 2 nitrogen and oxygen atoms in total. The molecule has 1 heterocycles. The molecule has 1 unspecified atom stereocenters. The van der Waals surface area contributed by atoms with Gasteiger partial charge in [0.2, 0.25) is 0 Å². The standard InChI is InChI=1S/C11H19F3N2/c12-11(13,14)8-16-5-1-2-9(7-16)6-15-10-3-4-10/h9-10,15H,1-8H2. The number of piperidine rings is 1. The lowest BCUT2D eigenvalue weighted by Gasteiger charge is -2.33. The third-order valence-corrected chi connectivity index (χ3v) is 3.28. The first kappa shape index (κ1) is 12.2. The lowest BCUT2D eigenvalue weighted by atomic mass is 9.98. The zero-order valence-electron chi connectivity index (χ0n) is 9.39. The lowest BCUT2D eigenvalue weighted by Crippen LogP contribution is -2.44.